The molecule has 1 aromatic carbocycles. The predicted octanol–water partition coefficient (Wildman–Crippen LogP) is 1.28. The average molecular weight is 328 g/mol. The molecule has 128 valence electrons. The second-order valence-corrected chi connectivity index (χ2v) is 6.38. The second-order valence-electron chi connectivity index (χ2n) is 6.38. The molecule has 0 spiro atoms. The van der Waals surface area contributed by atoms with Gasteiger partial charge in [0.1, 0.15) is 0 Å². The van der Waals surface area contributed by atoms with Crippen LogP contribution in [0.25, 0.3) is 11.4 Å². The number of hydrogen-bond donors (Lipinski definition) is 0. The van der Waals surface area contributed by atoms with E-state index < -0.39 is 0 Å². The van der Waals surface area contributed by atoms with Crippen molar-refractivity contribution < 1.29 is 4.79 Å². The Bertz CT molecular complexity index is 671. The number of piperazine rings is 1. The highest BCUT2D eigenvalue weighted by Crippen LogP contribution is 2.13. The van der Waals surface area contributed by atoms with Crippen LogP contribution in [0.4, 0.5) is 0 Å². The van der Waals surface area contributed by atoms with Gasteiger partial charge < -0.3 is 9.80 Å². The van der Waals surface area contributed by atoms with Crippen LogP contribution in [0, 0.1) is 0 Å². The Kier molecular flexibility index (Phi) is 5.20. The van der Waals surface area contributed by atoms with E-state index in [1.54, 1.807) is 4.80 Å². The van der Waals surface area contributed by atoms with Crippen LogP contribution in [0.1, 0.15) is 19.8 Å². The third kappa shape index (κ3) is 3.97. The van der Waals surface area contributed by atoms with E-state index in [1.165, 1.54) is 0 Å². The average Bonchev–Trinajstić information content (AvgIpc) is 3.04. The minimum atomic E-state index is 0.221. The van der Waals surface area contributed by atoms with Crippen molar-refractivity contribution in [1.29, 1.82) is 0 Å². The lowest BCUT2D eigenvalue weighted by Gasteiger charge is -2.38. The minimum absolute atomic E-state index is 0.221. The van der Waals surface area contributed by atoms with E-state index in [4.69, 9.17) is 0 Å². The molecule has 0 N–H and O–H groups in total. The highest BCUT2D eigenvalue weighted by atomic mass is 16.2. The minimum Gasteiger partial charge on any atom is -0.337 e. The molecule has 1 unspecified atom stereocenters. The second kappa shape index (κ2) is 7.53. The molecule has 0 saturated carbocycles. The van der Waals surface area contributed by atoms with E-state index >= 15 is 0 Å². The number of tetrazole rings is 1. The molecular weight excluding hydrogens is 304 g/mol. The van der Waals surface area contributed by atoms with Crippen molar-refractivity contribution >= 4 is 5.91 Å². The highest BCUT2D eigenvalue weighted by molar-refractivity contribution is 5.76. The summed E-state index contributed by atoms with van der Waals surface area (Å²) in [5.41, 5.74) is 0.950. The summed E-state index contributed by atoms with van der Waals surface area (Å²) in [4.78, 5) is 18.2. The molecule has 0 bridgehead atoms. The summed E-state index contributed by atoms with van der Waals surface area (Å²) in [6.45, 7) is 5.42. The lowest BCUT2D eigenvalue weighted by Crippen LogP contribution is -2.52. The monoisotopic (exact) mass is 328 g/mol. The molecule has 7 heteroatoms. The summed E-state index contributed by atoms with van der Waals surface area (Å²) in [6.07, 6.45) is 1.25. The number of rotatable bonds is 5. The molecule has 24 heavy (non-hydrogen) atoms. The van der Waals surface area contributed by atoms with Crippen molar-refractivity contribution in [3.8, 4) is 11.4 Å². The third-order valence-corrected chi connectivity index (χ3v) is 4.38. The highest BCUT2D eigenvalue weighted by Gasteiger charge is 2.25. The van der Waals surface area contributed by atoms with Crippen LogP contribution in [0.15, 0.2) is 30.3 Å². The summed E-state index contributed by atoms with van der Waals surface area (Å²) >= 11 is 0. The zero-order valence-electron chi connectivity index (χ0n) is 14.3. The molecule has 0 aliphatic carbocycles. The van der Waals surface area contributed by atoms with Crippen molar-refractivity contribution in [1.82, 2.24) is 30.0 Å². The number of carbonyl (C=O) groups excluding carboxylic acids is 1. The molecule has 3 rings (SSSR count). The molecule has 1 aliphatic heterocycles. The van der Waals surface area contributed by atoms with E-state index in [2.05, 4.69) is 34.3 Å². The van der Waals surface area contributed by atoms with Crippen molar-refractivity contribution in [2.45, 2.75) is 32.4 Å². The molecular formula is C17H24N6O. The van der Waals surface area contributed by atoms with Gasteiger partial charge in [-0.1, -0.05) is 30.3 Å². The number of amides is 1. The van der Waals surface area contributed by atoms with Crippen molar-refractivity contribution in [2.24, 2.45) is 0 Å². The fourth-order valence-corrected chi connectivity index (χ4v) is 3.07. The summed E-state index contributed by atoms with van der Waals surface area (Å²) < 4.78 is 0. The molecule has 7 nitrogen and oxygen atoms in total. The van der Waals surface area contributed by atoms with Gasteiger partial charge in [0.25, 0.3) is 0 Å². The number of likely N-dealkylation sites (N-methyl/N-ethyl adjacent to an activating group) is 1. The number of aryl methyl sites for hydroxylation is 1. The van der Waals surface area contributed by atoms with Gasteiger partial charge in [-0.2, -0.15) is 4.80 Å². The van der Waals surface area contributed by atoms with Crippen molar-refractivity contribution in [3.63, 3.8) is 0 Å². The van der Waals surface area contributed by atoms with Gasteiger partial charge in [-0.3, -0.25) is 4.79 Å². The van der Waals surface area contributed by atoms with E-state index in [-0.39, 0.29) is 11.9 Å². The Balaban J connectivity index is 1.48. The van der Waals surface area contributed by atoms with Gasteiger partial charge in [0, 0.05) is 37.7 Å². The Labute approximate surface area is 142 Å². The Morgan fingerprint density at radius 2 is 2.04 bits per heavy atom. The van der Waals surface area contributed by atoms with E-state index in [1.807, 2.05) is 35.2 Å². The van der Waals surface area contributed by atoms with E-state index in [9.17, 15) is 4.79 Å². The number of carbonyl (C=O) groups is 1. The number of hydrogen-bond acceptors (Lipinski definition) is 5. The first kappa shape index (κ1) is 16.6. The summed E-state index contributed by atoms with van der Waals surface area (Å²) in [7, 11) is 2.10. The van der Waals surface area contributed by atoms with Crippen LogP contribution in [0.2, 0.25) is 0 Å². The molecule has 1 amide bonds. The normalized spacial score (nSPS) is 18.8. The Morgan fingerprint density at radius 1 is 1.25 bits per heavy atom. The molecule has 2 heterocycles. The van der Waals surface area contributed by atoms with Crippen LogP contribution in [0.3, 0.4) is 0 Å². The van der Waals surface area contributed by atoms with Gasteiger partial charge in [-0.25, -0.2) is 0 Å². The van der Waals surface area contributed by atoms with Gasteiger partial charge in [0.2, 0.25) is 11.7 Å². The molecule has 0 radical (unpaired) electrons. The van der Waals surface area contributed by atoms with Gasteiger partial charge in [0.15, 0.2) is 0 Å². The summed E-state index contributed by atoms with van der Waals surface area (Å²) in [6, 6.07) is 10.1. The van der Waals surface area contributed by atoms with Crippen molar-refractivity contribution in [3.05, 3.63) is 30.3 Å². The maximum Gasteiger partial charge on any atom is 0.222 e. The number of benzene rings is 1. The fraction of sp³-hybridized carbons (Fsp3) is 0.529. The van der Waals surface area contributed by atoms with Crippen LogP contribution < -0.4 is 0 Å². The van der Waals surface area contributed by atoms with Crippen molar-refractivity contribution in [2.75, 3.05) is 26.7 Å². The largest absolute Gasteiger partial charge is 0.337 e. The number of aromatic nitrogens is 4. The molecule has 1 atom stereocenters. The van der Waals surface area contributed by atoms with Gasteiger partial charge >= 0.3 is 0 Å². The third-order valence-electron chi connectivity index (χ3n) is 4.38. The standard InChI is InChI=1S/C17H24N6O/c1-14-13-21(2)11-12-22(14)16(24)9-6-10-23-19-17(18-20-23)15-7-4-3-5-8-15/h3-5,7-8,14H,6,9-13H2,1-2H3. The molecule has 1 aromatic heterocycles. The number of nitrogens with zero attached hydrogens (tertiary/aromatic N) is 6. The van der Waals surface area contributed by atoms with Crippen LogP contribution >= 0.6 is 0 Å². The quantitative estimate of drug-likeness (QED) is 0.827. The fourth-order valence-electron chi connectivity index (χ4n) is 3.07. The topological polar surface area (TPSA) is 67.2 Å². The first-order chi connectivity index (χ1) is 11.6. The van der Waals surface area contributed by atoms with Crippen LogP contribution in [-0.4, -0.2) is 68.6 Å². The summed E-state index contributed by atoms with van der Waals surface area (Å²) in [5.74, 6) is 0.841. The van der Waals surface area contributed by atoms with Gasteiger partial charge in [-0.05, 0) is 25.6 Å². The lowest BCUT2D eigenvalue weighted by molar-refractivity contribution is -0.135. The molecule has 1 fully saturated rings. The van der Waals surface area contributed by atoms with E-state index in [0.717, 1.165) is 31.6 Å². The summed E-state index contributed by atoms with van der Waals surface area (Å²) in [5, 5.41) is 12.5. The smallest absolute Gasteiger partial charge is 0.222 e. The maximum absolute atomic E-state index is 12.4. The van der Waals surface area contributed by atoms with E-state index in [0.29, 0.717) is 18.8 Å². The Hall–Kier alpha value is -2.28. The lowest BCUT2D eigenvalue weighted by atomic mass is 10.1. The predicted molar refractivity (Wildman–Crippen MR) is 91.2 cm³/mol. The molecule has 1 saturated heterocycles. The zero-order chi connectivity index (χ0) is 16.9. The van der Waals surface area contributed by atoms with Crippen LogP contribution in [0.5, 0.6) is 0 Å². The van der Waals surface area contributed by atoms with Crippen LogP contribution in [-0.2, 0) is 11.3 Å². The maximum atomic E-state index is 12.4. The first-order valence-electron chi connectivity index (χ1n) is 8.45. The molecule has 2 aromatic rings. The Morgan fingerprint density at radius 3 is 2.79 bits per heavy atom. The first-order valence-corrected chi connectivity index (χ1v) is 8.45. The van der Waals surface area contributed by atoms with Gasteiger partial charge in [0.05, 0.1) is 6.54 Å². The zero-order valence-corrected chi connectivity index (χ0v) is 14.3. The van der Waals surface area contributed by atoms with Gasteiger partial charge in [-0.15, -0.1) is 10.2 Å². The molecule has 1 aliphatic rings. The SMILES string of the molecule is CC1CN(C)CCN1C(=O)CCCn1nnc(-c2ccccc2)n1.